The van der Waals surface area contributed by atoms with Gasteiger partial charge in [-0.25, -0.2) is 5.06 Å². The molecule has 1 aromatic heterocycles. The first-order valence-corrected chi connectivity index (χ1v) is 5.40. The number of nitrogens with zero attached hydrogens (tertiary/aromatic N) is 3. The molecule has 88 valence electrons. The van der Waals surface area contributed by atoms with E-state index in [1.807, 2.05) is 20.2 Å². The van der Waals surface area contributed by atoms with Crippen molar-refractivity contribution in [3.8, 4) is 0 Å². The van der Waals surface area contributed by atoms with Crippen molar-refractivity contribution >= 4 is 5.91 Å². The normalized spacial score (nSPS) is 17.2. The van der Waals surface area contributed by atoms with Gasteiger partial charge in [-0.05, 0) is 12.8 Å². The van der Waals surface area contributed by atoms with Crippen LogP contribution >= 0.6 is 0 Å². The fraction of sp³-hybridized carbons (Fsp3) is 0.636. The van der Waals surface area contributed by atoms with E-state index < -0.39 is 0 Å². The SMILES string of the molecule is CN(OCc1cnn(C)c1)C(=O)C1(C)CC1. The molecule has 1 fully saturated rings. The molecule has 1 aliphatic carbocycles. The van der Waals surface area contributed by atoms with Crippen LogP contribution < -0.4 is 0 Å². The van der Waals surface area contributed by atoms with Gasteiger partial charge >= 0.3 is 0 Å². The maximum Gasteiger partial charge on any atom is 0.251 e. The van der Waals surface area contributed by atoms with Crippen LogP contribution in [0.2, 0.25) is 0 Å². The molecule has 1 saturated carbocycles. The molecule has 0 unspecified atom stereocenters. The molecule has 2 rings (SSSR count). The topological polar surface area (TPSA) is 47.4 Å². The highest BCUT2D eigenvalue weighted by Gasteiger charge is 2.46. The van der Waals surface area contributed by atoms with Gasteiger partial charge in [0.15, 0.2) is 0 Å². The van der Waals surface area contributed by atoms with E-state index in [1.165, 1.54) is 5.06 Å². The van der Waals surface area contributed by atoms with Gasteiger partial charge < -0.3 is 0 Å². The quantitative estimate of drug-likeness (QED) is 0.718. The molecule has 0 bridgehead atoms. The van der Waals surface area contributed by atoms with E-state index in [0.29, 0.717) is 6.61 Å². The maximum absolute atomic E-state index is 11.8. The zero-order valence-corrected chi connectivity index (χ0v) is 9.93. The van der Waals surface area contributed by atoms with E-state index in [0.717, 1.165) is 18.4 Å². The van der Waals surface area contributed by atoms with Crippen LogP contribution in [0.1, 0.15) is 25.3 Å². The summed E-state index contributed by atoms with van der Waals surface area (Å²) in [6.07, 6.45) is 5.53. The van der Waals surface area contributed by atoms with Crippen LogP contribution in [0.15, 0.2) is 12.4 Å². The Morgan fingerprint density at radius 1 is 1.69 bits per heavy atom. The van der Waals surface area contributed by atoms with Gasteiger partial charge in [-0.15, -0.1) is 0 Å². The Labute approximate surface area is 94.9 Å². The highest BCUT2D eigenvalue weighted by molar-refractivity contribution is 5.83. The lowest BCUT2D eigenvalue weighted by Gasteiger charge is -2.19. The van der Waals surface area contributed by atoms with Crippen LogP contribution in [0.5, 0.6) is 0 Å². The Kier molecular flexibility index (Phi) is 2.71. The number of amides is 1. The van der Waals surface area contributed by atoms with Crippen molar-refractivity contribution in [2.75, 3.05) is 7.05 Å². The number of hydrogen-bond acceptors (Lipinski definition) is 3. The number of carbonyl (C=O) groups is 1. The van der Waals surface area contributed by atoms with Gasteiger partial charge in [0.25, 0.3) is 5.91 Å². The van der Waals surface area contributed by atoms with Crippen LogP contribution in [-0.4, -0.2) is 27.8 Å². The van der Waals surface area contributed by atoms with Crippen molar-refractivity contribution < 1.29 is 9.63 Å². The first-order chi connectivity index (χ1) is 7.51. The molecule has 0 aliphatic heterocycles. The van der Waals surface area contributed by atoms with Crippen LogP contribution in [0.4, 0.5) is 0 Å². The van der Waals surface area contributed by atoms with Gasteiger partial charge in [0.05, 0.1) is 6.20 Å². The summed E-state index contributed by atoms with van der Waals surface area (Å²) < 4.78 is 1.71. The Bertz CT molecular complexity index is 396. The van der Waals surface area contributed by atoms with Gasteiger partial charge in [-0.3, -0.25) is 14.3 Å². The van der Waals surface area contributed by atoms with E-state index in [9.17, 15) is 4.79 Å². The van der Waals surface area contributed by atoms with E-state index >= 15 is 0 Å². The molecule has 1 heterocycles. The smallest absolute Gasteiger partial charge is 0.251 e. The lowest BCUT2D eigenvalue weighted by Crippen LogP contribution is -2.32. The number of rotatable bonds is 4. The third-order valence-electron chi connectivity index (χ3n) is 2.99. The lowest BCUT2D eigenvalue weighted by atomic mass is 10.1. The first-order valence-electron chi connectivity index (χ1n) is 5.40. The lowest BCUT2D eigenvalue weighted by molar-refractivity contribution is -0.188. The first kappa shape index (κ1) is 11.1. The summed E-state index contributed by atoms with van der Waals surface area (Å²) in [6, 6.07) is 0. The van der Waals surface area contributed by atoms with Crippen molar-refractivity contribution in [2.45, 2.75) is 26.4 Å². The fourth-order valence-electron chi connectivity index (χ4n) is 1.56. The van der Waals surface area contributed by atoms with Crippen molar-refractivity contribution in [1.29, 1.82) is 0 Å². The molecule has 1 aromatic rings. The van der Waals surface area contributed by atoms with E-state index in [4.69, 9.17) is 4.84 Å². The maximum atomic E-state index is 11.8. The Morgan fingerprint density at radius 3 is 2.88 bits per heavy atom. The second-order valence-electron chi connectivity index (χ2n) is 4.66. The largest absolute Gasteiger partial charge is 0.275 e. The van der Waals surface area contributed by atoms with E-state index in [1.54, 1.807) is 17.9 Å². The highest BCUT2D eigenvalue weighted by Crippen LogP contribution is 2.46. The molecule has 0 spiro atoms. The Morgan fingerprint density at radius 2 is 2.38 bits per heavy atom. The van der Waals surface area contributed by atoms with Crippen LogP contribution in [0.25, 0.3) is 0 Å². The summed E-state index contributed by atoms with van der Waals surface area (Å²) in [6.45, 7) is 2.35. The average molecular weight is 223 g/mol. The van der Waals surface area contributed by atoms with Gasteiger partial charge in [0, 0.05) is 31.3 Å². The molecule has 1 amide bonds. The second-order valence-corrected chi connectivity index (χ2v) is 4.66. The molecule has 1 aliphatic rings. The number of aryl methyl sites for hydroxylation is 1. The van der Waals surface area contributed by atoms with Gasteiger partial charge in [-0.2, -0.15) is 5.10 Å². The molecule has 16 heavy (non-hydrogen) atoms. The molecule has 0 N–H and O–H groups in total. The Balaban J connectivity index is 1.84. The molecule has 0 aromatic carbocycles. The van der Waals surface area contributed by atoms with Crippen molar-refractivity contribution in [3.63, 3.8) is 0 Å². The average Bonchev–Trinajstić information content (AvgIpc) is 2.86. The predicted octanol–water partition coefficient (Wildman–Crippen LogP) is 1.11. The summed E-state index contributed by atoms with van der Waals surface area (Å²) in [4.78, 5) is 17.2. The van der Waals surface area contributed by atoms with Gasteiger partial charge in [0.2, 0.25) is 0 Å². The summed E-state index contributed by atoms with van der Waals surface area (Å²) in [5.74, 6) is 0.0661. The molecular weight excluding hydrogens is 206 g/mol. The van der Waals surface area contributed by atoms with Crippen LogP contribution in [0.3, 0.4) is 0 Å². The Hall–Kier alpha value is -1.36. The van der Waals surface area contributed by atoms with Crippen molar-refractivity contribution in [3.05, 3.63) is 18.0 Å². The van der Waals surface area contributed by atoms with Crippen LogP contribution in [0, 0.1) is 5.41 Å². The van der Waals surface area contributed by atoms with E-state index in [-0.39, 0.29) is 11.3 Å². The summed E-state index contributed by atoms with van der Waals surface area (Å²) in [7, 11) is 3.52. The summed E-state index contributed by atoms with van der Waals surface area (Å²) in [5, 5.41) is 5.38. The molecule has 0 atom stereocenters. The molecule has 5 heteroatoms. The zero-order valence-electron chi connectivity index (χ0n) is 9.93. The van der Waals surface area contributed by atoms with E-state index in [2.05, 4.69) is 5.10 Å². The summed E-state index contributed by atoms with van der Waals surface area (Å²) in [5.41, 5.74) is 0.784. The predicted molar refractivity (Wildman–Crippen MR) is 58.1 cm³/mol. The number of hydrogen-bond donors (Lipinski definition) is 0. The summed E-state index contributed by atoms with van der Waals surface area (Å²) >= 11 is 0. The molecule has 0 saturated heterocycles. The third-order valence-corrected chi connectivity index (χ3v) is 2.99. The van der Waals surface area contributed by atoms with Crippen LogP contribution in [-0.2, 0) is 23.3 Å². The minimum atomic E-state index is -0.177. The highest BCUT2D eigenvalue weighted by atomic mass is 16.7. The monoisotopic (exact) mass is 223 g/mol. The van der Waals surface area contributed by atoms with Gasteiger partial charge in [-0.1, -0.05) is 6.92 Å². The fourth-order valence-corrected chi connectivity index (χ4v) is 1.56. The number of carbonyl (C=O) groups excluding carboxylic acids is 1. The minimum Gasteiger partial charge on any atom is -0.275 e. The number of hydroxylamine groups is 2. The molecule has 5 nitrogen and oxygen atoms in total. The third kappa shape index (κ3) is 2.24. The minimum absolute atomic E-state index is 0.0661. The standard InChI is InChI=1S/C11H17N3O2/c1-11(4-5-11)10(15)14(3)16-8-9-6-12-13(2)7-9/h6-7H,4-5,8H2,1-3H3. The zero-order chi connectivity index (χ0) is 11.8. The van der Waals surface area contributed by atoms with Crippen molar-refractivity contribution in [2.24, 2.45) is 12.5 Å². The second kappa shape index (κ2) is 3.90. The molecular formula is C11H17N3O2. The molecule has 0 radical (unpaired) electrons. The number of aromatic nitrogens is 2. The van der Waals surface area contributed by atoms with Gasteiger partial charge in [0.1, 0.15) is 6.61 Å². The van der Waals surface area contributed by atoms with Crippen molar-refractivity contribution in [1.82, 2.24) is 14.8 Å².